The lowest BCUT2D eigenvalue weighted by atomic mass is 9.77. The van der Waals surface area contributed by atoms with E-state index in [9.17, 15) is 0 Å². The lowest BCUT2D eigenvalue weighted by Gasteiger charge is -2.30. The molecule has 0 bridgehead atoms. The fraction of sp³-hybridized carbons (Fsp3) is 0.652. The van der Waals surface area contributed by atoms with Crippen LogP contribution in [0.25, 0.3) is 0 Å². The third-order valence-electron chi connectivity index (χ3n) is 6.14. The smallest absolute Gasteiger partial charge is 0.00783 e. The van der Waals surface area contributed by atoms with Crippen LogP contribution in [0.4, 0.5) is 0 Å². The van der Waals surface area contributed by atoms with Crippen molar-refractivity contribution in [1.82, 2.24) is 4.90 Å². The Kier molecular flexibility index (Phi) is 6.16. The van der Waals surface area contributed by atoms with Crippen LogP contribution >= 0.6 is 0 Å². The van der Waals surface area contributed by atoms with Crippen LogP contribution in [0.1, 0.15) is 52.9 Å². The minimum atomic E-state index is 0.576. The van der Waals surface area contributed by atoms with Crippen LogP contribution in [-0.4, -0.2) is 24.5 Å². The summed E-state index contributed by atoms with van der Waals surface area (Å²) in [5.41, 5.74) is 3.08. The Hall–Kier alpha value is -1.08. The molecule has 0 spiro atoms. The van der Waals surface area contributed by atoms with E-state index in [0.29, 0.717) is 23.7 Å². The summed E-state index contributed by atoms with van der Waals surface area (Å²) in [5.74, 6) is 2.58. The predicted molar refractivity (Wildman–Crippen MR) is 105 cm³/mol. The number of piperidine rings is 1. The van der Waals surface area contributed by atoms with E-state index in [1.54, 1.807) is 5.57 Å². The van der Waals surface area contributed by atoms with E-state index >= 15 is 0 Å². The molecule has 1 nitrogen and oxygen atoms in total. The van der Waals surface area contributed by atoms with Gasteiger partial charge in [0.25, 0.3) is 0 Å². The molecule has 0 amide bonds. The summed E-state index contributed by atoms with van der Waals surface area (Å²) in [6.07, 6.45) is 21.3. The maximum atomic E-state index is 2.66. The van der Waals surface area contributed by atoms with Crippen LogP contribution in [-0.2, 0) is 0 Å². The Balaban J connectivity index is 1.53. The molecule has 1 aliphatic heterocycles. The fourth-order valence-electron chi connectivity index (χ4n) is 4.31. The van der Waals surface area contributed by atoms with Gasteiger partial charge in [0.15, 0.2) is 0 Å². The number of likely N-dealkylation sites (tertiary alicyclic amines) is 1. The van der Waals surface area contributed by atoms with E-state index in [1.165, 1.54) is 57.3 Å². The second kappa shape index (κ2) is 8.34. The Labute approximate surface area is 149 Å². The van der Waals surface area contributed by atoms with Gasteiger partial charge in [-0.3, -0.25) is 0 Å². The monoisotopic (exact) mass is 325 g/mol. The van der Waals surface area contributed by atoms with Crippen LogP contribution < -0.4 is 0 Å². The van der Waals surface area contributed by atoms with Crippen LogP contribution in [0, 0.1) is 23.7 Å². The van der Waals surface area contributed by atoms with Gasteiger partial charge in [-0.2, -0.15) is 0 Å². The topological polar surface area (TPSA) is 3.24 Å². The Morgan fingerprint density at radius 2 is 1.88 bits per heavy atom. The van der Waals surface area contributed by atoms with Crippen molar-refractivity contribution in [2.45, 2.75) is 52.9 Å². The van der Waals surface area contributed by atoms with Gasteiger partial charge in [0.2, 0.25) is 0 Å². The van der Waals surface area contributed by atoms with Gasteiger partial charge in [0.1, 0.15) is 0 Å². The Bertz CT molecular complexity index is 530. The normalized spacial score (nSPS) is 32.4. The van der Waals surface area contributed by atoms with Crippen LogP contribution in [0.15, 0.2) is 47.6 Å². The summed E-state index contributed by atoms with van der Waals surface area (Å²) in [6.45, 7) is 11.0. The number of rotatable bonds is 5. The van der Waals surface area contributed by atoms with Gasteiger partial charge in [-0.15, -0.1) is 0 Å². The third kappa shape index (κ3) is 4.51. The molecule has 0 saturated carbocycles. The average molecular weight is 326 g/mol. The molecule has 24 heavy (non-hydrogen) atoms. The van der Waals surface area contributed by atoms with E-state index in [1.807, 2.05) is 0 Å². The highest BCUT2D eigenvalue weighted by atomic mass is 15.1. The van der Waals surface area contributed by atoms with Crippen LogP contribution in [0.5, 0.6) is 0 Å². The Morgan fingerprint density at radius 3 is 2.54 bits per heavy atom. The highest BCUT2D eigenvalue weighted by Gasteiger charge is 2.23. The average Bonchev–Trinajstić information content (AvgIpc) is 2.61. The standard InChI is InChI=1S/C23H35N/c1-18-7-9-21(10-8-18)23-12-11-22(17-20(23)3)19(2)13-16-24-14-5-4-6-15-24/h7,9-12,17-20,23H,4-6,8,13-16H2,1-3H3. The van der Waals surface area contributed by atoms with Gasteiger partial charge in [0, 0.05) is 5.92 Å². The van der Waals surface area contributed by atoms with Gasteiger partial charge < -0.3 is 4.90 Å². The summed E-state index contributed by atoms with van der Waals surface area (Å²) in [6, 6.07) is 0. The summed E-state index contributed by atoms with van der Waals surface area (Å²) < 4.78 is 0. The maximum absolute atomic E-state index is 2.66. The van der Waals surface area contributed by atoms with Crippen LogP contribution in [0.3, 0.4) is 0 Å². The molecule has 2 aliphatic carbocycles. The molecule has 1 heteroatoms. The van der Waals surface area contributed by atoms with E-state index in [4.69, 9.17) is 0 Å². The molecule has 1 fully saturated rings. The zero-order chi connectivity index (χ0) is 16.9. The molecule has 0 aromatic heterocycles. The summed E-state index contributed by atoms with van der Waals surface area (Å²) >= 11 is 0. The molecular weight excluding hydrogens is 290 g/mol. The van der Waals surface area contributed by atoms with Crippen molar-refractivity contribution in [2.24, 2.45) is 23.7 Å². The molecule has 4 atom stereocenters. The van der Waals surface area contributed by atoms with Gasteiger partial charge >= 0.3 is 0 Å². The van der Waals surface area contributed by atoms with Crippen molar-refractivity contribution in [3.05, 3.63) is 47.6 Å². The van der Waals surface area contributed by atoms with Crippen molar-refractivity contribution >= 4 is 0 Å². The molecule has 1 saturated heterocycles. The van der Waals surface area contributed by atoms with Crippen molar-refractivity contribution in [2.75, 3.05) is 19.6 Å². The van der Waals surface area contributed by atoms with Crippen molar-refractivity contribution in [1.29, 1.82) is 0 Å². The van der Waals surface area contributed by atoms with Gasteiger partial charge in [0.05, 0.1) is 0 Å². The zero-order valence-electron chi connectivity index (χ0n) is 15.9. The molecule has 0 N–H and O–H groups in total. The number of nitrogens with zero attached hydrogens (tertiary/aromatic N) is 1. The summed E-state index contributed by atoms with van der Waals surface area (Å²) in [5, 5.41) is 0. The summed E-state index contributed by atoms with van der Waals surface area (Å²) in [7, 11) is 0. The number of hydrogen-bond acceptors (Lipinski definition) is 1. The first-order chi connectivity index (χ1) is 11.6. The lowest BCUT2D eigenvalue weighted by Crippen LogP contribution is -2.31. The zero-order valence-corrected chi connectivity index (χ0v) is 15.9. The van der Waals surface area contributed by atoms with Gasteiger partial charge in [-0.1, -0.05) is 63.6 Å². The molecule has 3 rings (SSSR count). The maximum Gasteiger partial charge on any atom is 0.00783 e. The Morgan fingerprint density at radius 1 is 1.08 bits per heavy atom. The first-order valence-electron chi connectivity index (χ1n) is 10.1. The predicted octanol–water partition coefficient (Wildman–Crippen LogP) is 5.77. The highest BCUT2D eigenvalue weighted by molar-refractivity contribution is 5.37. The fourth-order valence-corrected chi connectivity index (χ4v) is 4.31. The first kappa shape index (κ1) is 17.7. The third-order valence-corrected chi connectivity index (χ3v) is 6.14. The van der Waals surface area contributed by atoms with Crippen molar-refractivity contribution in [3.63, 3.8) is 0 Å². The lowest BCUT2D eigenvalue weighted by molar-refractivity contribution is 0.219. The molecule has 132 valence electrons. The number of hydrogen-bond donors (Lipinski definition) is 0. The second-order valence-corrected chi connectivity index (χ2v) is 8.28. The molecular formula is C23H35N. The SMILES string of the molecule is CC1C=CC(C2C=CC(C(C)CCN3CCCCC3)=CC2C)=CC1. The van der Waals surface area contributed by atoms with Gasteiger partial charge in [-0.05, 0) is 74.2 Å². The molecule has 0 aromatic rings. The highest BCUT2D eigenvalue weighted by Crippen LogP contribution is 2.34. The molecule has 0 radical (unpaired) electrons. The molecule has 1 heterocycles. The molecule has 3 aliphatic rings. The van der Waals surface area contributed by atoms with E-state index in [2.05, 4.69) is 62.1 Å². The van der Waals surface area contributed by atoms with E-state index in [-0.39, 0.29) is 0 Å². The molecule has 4 unspecified atom stereocenters. The number of allylic oxidation sites excluding steroid dienone is 8. The summed E-state index contributed by atoms with van der Waals surface area (Å²) in [4.78, 5) is 2.66. The van der Waals surface area contributed by atoms with Crippen molar-refractivity contribution in [3.8, 4) is 0 Å². The quantitative estimate of drug-likeness (QED) is 0.620. The second-order valence-electron chi connectivity index (χ2n) is 8.28. The van der Waals surface area contributed by atoms with Crippen LogP contribution in [0.2, 0.25) is 0 Å². The minimum Gasteiger partial charge on any atom is -0.303 e. The van der Waals surface area contributed by atoms with E-state index in [0.717, 1.165) is 0 Å². The first-order valence-corrected chi connectivity index (χ1v) is 10.1. The largest absolute Gasteiger partial charge is 0.303 e. The van der Waals surface area contributed by atoms with Gasteiger partial charge in [-0.25, -0.2) is 0 Å². The molecule has 0 aromatic carbocycles. The van der Waals surface area contributed by atoms with E-state index < -0.39 is 0 Å². The van der Waals surface area contributed by atoms with Crippen molar-refractivity contribution < 1.29 is 0 Å². The minimum absolute atomic E-state index is 0.576.